The molecule has 0 aliphatic heterocycles. The molecular formula is C14H12FNO2. The molecule has 2 rings (SSSR count). The Morgan fingerprint density at radius 2 is 1.89 bits per heavy atom. The molecule has 2 aromatic rings. The number of anilines is 1. The van der Waals surface area contributed by atoms with Crippen LogP contribution >= 0.6 is 0 Å². The Morgan fingerprint density at radius 1 is 1.17 bits per heavy atom. The fourth-order valence-electron chi connectivity index (χ4n) is 1.48. The summed E-state index contributed by atoms with van der Waals surface area (Å²) >= 11 is 0. The van der Waals surface area contributed by atoms with Crippen molar-refractivity contribution in [2.45, 2.75) is 6.92 Å². The number of para-hydroxylation sites is 1. The van der Waals surface area contributed by atoms with Crippen molar-refractivity contribution in [2.75, 3.05) is 5.32 Å². The smallest absolute Gasteiger partial charge is 0.221 e. The standard InChI is InChI=1S/C14H12FNO2/c1-10(17)16-11-7-8-14(13(15)9-11)18-12-5-3-2-4-6-12/h2-9H,1H3,(H,16,17). The van der Waals surface area contributed by atoms with Gasteiger partial charge in [-0.3, -0.25) is 4.79 Å². The van der Waals surface area contributed by atoms with Crippen LogP contribution in [0.5, 0.6) is 11.5 Å². The van der Waals surface area contributed by atoms with Crippen LogP contribution in [0.3, 0.4) is 0 Å². The molecule has 0 aliphatic carbocycles. The van der Waals surface area contributed by atoms with Crippen molar-refractivity contribution < 1.29 is 13.9 Å². The number of halogens is 1. The zero-order valence-corrected chi connectivity index (χ0v) is 9.81. The first-order valence-corrected chi connectivity index (χ1v) is 5.45. The molecule has 0 spiro atoms. The van der Waals surface area contributed by atoms with Crippen LogP contribution in [0, 0.1) is 5.82 Å². The van der Waals surface area contributed by atoms with Crippen molar-refractivity contribution in [3.63, 3.8) is 0 Å². The van der Waals surface area contributed by atoms with E-state index in [4.69, 9.17) is 4.74 Å². The lowest BCUT2D eigenvalue weighted by Crippen LogP contribution is -2.05. The molecule has 0 saturated heterocycles. The van der Waals surface area contributed by atoms with Gasteiger partial charge in [0.05, 0.1) is 0 Å². The molecule has 0 aromatic heterocycles. The van der Waals surface area contributed by atoms with Gasteiger partial charge in [-0.25, -0.2) is 4.39 Å². The zero-order chi connectivity index (χ0) is 13.0. The van der Waals surface area contributed by atoms with E-state index in [1.807, 2.05) is 6.07 Å². The predicted octanol–water partition coefficient (Wildman–Crippen LogP) is 3.58. The van der Waals surface area contributed by atoms with Crippen LogP contribution in [0.4, 0.5) is 10.1 Å². The number of benzene rings is 2. The van der Waals surface area contributed by atoms with Gasteiger partial charge in [0.15, 0.2) is 11.6 Å². The van der Waals surface area contributed by atoms with Crippen molar-refractivity contribution in [2.24, 2.45) is 0 Å². The average Bonchev–Trinajstić information content (AvgIpc) is 2.33. The molecule has 0 radical (unpaired) electrons. The molecule has 1 amide bonds. The van der Waals surface area contributed by atoms with Gasteiger partial charge < -0.3 is 10.1 Å². The van der Waals surface area contributed by atoms with Crippen molar-refractivity contribution in [3.8, 4) is 11.5 Å². The van der Waals surface area contributed by atoms with Crippen LogP contribution in [-0.2, 0) is 4.79 Å². The summed E-state index contributed by atoms with van der Waals surface area (Å²) in [4.78, 5) is 10.8. The third-order valence-corrected chi connectivity index (χ3v) is 2.22. The van der Waals surface area contributed by atoms with Gasteiger partial charge in [0.25, 0.3) is 0 Å². The highest BCUT2D eigenvalue weighted by Crippen LogP contribution is 2.26. The zero-order valence-electron chi connectivity index (χ0n) is 9.81. The normalized spacial score (nSPS) is 9.89. The maximum absolute atomic E-state index is 13.7. The lowest BCUT2D eigenvalue weighted by atomic mass is 10.3. The molecule has 0 saturated carbocycles. The Morgan fingerprint density at radius 3 is 2.50 bits per heavy atom. The molecule has 3 nitrogen and oxygen atoms in total. The van der Waals surface area contributed by atoms with Crippen LogP contribution in [0.15, 0.2) is 48.5 Å². The van der Waals surface area contributed by atoms with E-state index in [9.17, 15) is 9.18 Å². The largest absolute Gasteiger partial charge is 0.454 e. The summed E-state index contributed by atoms with van der Waals surface area (Å²) in [5, 5.41) is 2.50. The molecule has 0 atom stereocenters. The summed E-state index contributed by atoms with van der Waals surface area (Å²) in [7, 11) is 0. The molecule has 18 heavy (non-hydrogen) atoms. The van der Waals surface area contributed by atoms with E-state index in [2.05, 4.69) is 5.32 Å². The highest BCUT2D eigenvalue weighted by atomic mass is 19.1. The van der Waals surface area contributed by atoms with E-state index in [1.165, 1.54) is 19.1 Å². The summed E-state index contributed by atoms with van der Waals surface area (Å²) in [5.41, 5.74) is 0.403. The Hall–Kier alpha value is -2.36. The first-order chi connectivity index (χ1) is 8.65. The Bertz CT molecular complexity index is 555. The lowest BCUT2D eigenvalue weighted by molar-refractivity contribution is -0.114. The van der Waals surface area contributed by atoms with Crippen molar-refractivity contribution in [3.05, 3.63) is 54.3 Å². The van der Waals surface area contributed by atoms with E-state index >= 15 is 0 Å². The summed E-state index contributed by atoms with van der Waals surface area (Å²) in [5.74, 6) is -0.0878. The van der Waals surface area contributed by atoms with Gasteiger partial charge in [0.1, 0.15) is 5.75 Å². The van der Waals surface area contributed by atoms with Gasteiger partial charge >= 0.3 is 0 Å². The molecule has 0 fully saturated rings. The second-order valence-corrected chi connectivity index (χ2v) is 3.74. The number of carbonyl (C=O) groups is 1. The van der Waals surface area contributed by atoms with Crippen LogP contribution in [0.2, 0.25) is 0 Å². The van der Waals surface area contributed by atoms with E-state index in [-0.39, 0.29) is 11.7 Å². The Labute approximate surface area is 104 Å². The van der Waals surface area contributed by atoms with Crippen LogP contribution in [0.1, 0.15) is 6.92 Å². The average molecular weight is 245 g/mol. The molecular weight excluding hydrogens is 233 g/mol. The van der Waals surface area contributed by atoms with Gasteiger partial charge in [-0.15, -0.1) is 0 Å². The molecule has 0 bridgehead atoms. The highest BCUT2D eigenvalue weighted by molar-refractivity contribution is 5.88. The van der Waals surface area contributed by atoms with E-state index < -0.39 is 5.82 Å². The first kappa shape index (κ1) is 12.1. The van der Waals surface area contributed by atoms with E-state index in [0.29, 0.717) is 11.4 Å². The minimum Gasteiger partial charge on any atom is -0.454 e. The van der Waals surface area contributed by atoms with Gasteiger partial charge in [-0.2, -0.15) is 0 Å². The molecule has 0 heterocycles. The van der Waals surface area contributed by atoms with Crippen LogP contribution < -0.4 is 10.1 Å². The first-order valence-electron chi connectivity index (χ1n) is 5.45. The highest BCUT2D eigenvalue weighted by Gasteiger charge is 2.06. The SMILES string of the molecule is CC(=O)Nc1ccc(Oc2ccccc2)c(F)c1. The minimum atomic E-state index is -0.523. The van der Waals surface area contributed by atoms with Gasteiger partial charge in [0.2, 0.25) is 5.91 Å². The molecule has 92 valence electrons. The van der Waals surface area contributed by atoms with Crippen LogP contribution in [0.25, 0.3) is 0 Å². The second kappa shape index (κ2) is 5.31. The lowest BCUT2D eigenvalue weighted by Gasteiger charge is -2.08. The number of carbonyl (C=O) groups excluding carboxylic acids is 1. The van der Waals surface area contributed by atoms with Crippen molar-refractivity contribution in [1.82, 2.24) is 0 Å². The summed E-state index contributed by atoms with van der Waals surface area (Å²) in [6.45, 7) is 1.37. The molecule has 4 heteroatoms. The number of hydrogen-bond acceptors (Lipinski definition) is 2. The summed E-state index contributed by atoms with van der Waals surface area (Å²) in [6, 6.07) is 13.2. The molecule has 2 aromatic carbocycles. The monoisotopic (exact) mass is 245 g/mol. The minimum absolute atomic E-state index is 0.121. The van der Waals surface area contributed by atoms with Gasteiger partial charge in [-0.1, -0.05) is 18.2 Å². The quantitative estimate of drug-likeness (QED) is 0.897. The van der Waals surface area contributed by atoms with Crippen molar-refractivity contribution in [1.29, 1.82) is 0 Å². The molecule has 0 aliphatic rings. The Kier molecular flexibility index (Phi) is 3.57. The fourth-order valence-corrected chi connectivity index (χ4v) is 1.48. The Balaban J connectivity index is 2.17. The fraction of sp³-hybridized carbons (Fsp3) is 0.0714. The summed E-state index contributed by atoms with van der Waals surface area (Å²) in [6.07, 6.45) is 0. The maximum atomic E-state index is 13.7. The van der Waals surface area contributed by atoms with Gasteiger partial charge in [-0.05, 0) is 24.3 Å². The third-order valence-electron chi connectivity index (χ3n) is 2.22. The molecule has 0 unspecified atom stereocenters. The topological polar surface area (TPSA) is 38.3 Å². The van der Waals surface area contributed by atoms with E-state index in [0.717, 1.165) is 0 Å². The van der Waals surface area contributed by atoms with Crippen molar-refractivity contribution >= 4 is 11.6 Å². The maximum Gasteiger partial charge on any atom is 0.221 e. The summed E-state index contributed by atoms with van der Waals surface area (Å²) < 4.78 is 19.1. The number of hydrogen-bond donors (Lipinski definition) is 1. The third kappa shape index (κ3) is 3.07. The number of amides is 1. The van der Waals surface area contributed by atoms with Crippen LogP contribution in [-0.4, -0.2) is 5.91 Å². The number of rotatable bonds is 3. The predicted molar refractivity (Wildman–Crippen MR) is 67.2 cm³/mol. The van der Waals surface area contributed by atoms with Gasteiger partial charge in [0, 0.05) is 18.7 Å². The number of ether oxygens (including phenoxy) is 1. The number of nitrogens with one attached hydrogen (secondary N) is 1. The second-order valence-electron chi connectivity index (χ2n) is 3.74. The molecule has 1 N–H and O–H groups in total. The van der Waals surface area contributed by atoms with E-state index in [1.54, 1.807) is 30.3 Å².